The van der Waals surface area contributed by atoms with E-state index >= 15 is 0 Å². The number of ether oxygens (including phenoxy) is 3. The lowest BCUT2D eigenvalue weighted by molar-refractivity contribution is -0.165. The highest BCUT2D eigenvalue weighted by molar-refractivity contribution is 5.77. The van der Waals surface area contributed by atoms with Crippen LogP contribution in [0.1, 0.15) is 19.3 Å². The molecule has 2 aromatic carbocycles. The Morgan fingerprint density at radius 3 is 2.76 bits per heavy atom. The van der Waals surface area contributed by atoms with Gasteiger partial charge in [-0.2, -0.15) is 0 Å². The molecular weight excluding hydrogens is 316 g/mol. The van der Waals surface area contributed by atoms with Crippen LogP contribution in [0.5, 0.6) is 5.75 Å². The molecule has 1 unspecified atom stereocenters. The van der Waals surface area contributed by atoms with Crippen LogP contribution in [0.15, 0.2) is 54.9 Å². The van der Waals surface area contributed by atoms with Gasteiger partial charge in [-0.3, -0.25) is 4.57 Å². The number of para-hydroxylation sites is 2. The molecule has 0 amide bonds. The highest BCUT2D eigenvalue weighted by Gasteiger charge is 2.13. The average molecular weight is 338 g/mol. The van der Waals surface area contributed by atoms with E-state index in [2.05, 4.69) is 15.6 Å². The topological polar surface area (TPSA) is 45.5 Å². The van der Waals surface area contributed by atoms with Crippen molar-refractivity contribution in [3.05, 3.63) is 54.9 Å². The number of fused-ring (bicyclic) bond motifs is 1. The molecule has 25 heavy (non-hydrogen) atoms. The molecule has 0 aliphatic carbocycles. The third kappa shape index (κ3) is 3.83. The Morgan fingerprint density at radius 1 is 1.04 bits per heavy atom. The first-order valence-corrected chi connectivity index (χ1v) is 8.79. The van der Waals surface area contributed by atoms with Gasteiger partial charge < -0.3 is 14.2 Å². The van der Waals surface area contributed by atoms with Gasteiger partial charge in [-0.15, -0.1) is 0 Å². The van der Waals surface area contributed by atoms with Crippen molar-refractivity contribution < 1.29 is 14.2 Å². The molecule has 1 aliphatic rings. The molecule has 1 saturated heterocycles. The van der Waals surface area contributed by atoms with Crippen LogP contribution in [-0.4, -0.2) is 35.7 Å². The van der Waals surface area contributed by atoms with Crippen molar-refractivity contribution in [2.45, 2.75) is 25.6 Å². The zero-order chi connectivity index (χ0) is 16.9. The maximum Gasteiger partial charge on any atom is 0.157 e. The lowest BCUT2D eigenvalue weighted by Gasteiger charge is -2.22. The lowest BCUT2D eigenvalue weighted by Crippen LogP contribution is -2.24. The monoisotopic (exact) mass is 338 g/mol. The summed E-state index contributed by atoms with van der Waals surface area (Å²) < 4.78 is 19.0. The van der Waals surface area contributed by atoms with Gasteiger partial charge in [-0.1, -0.05) is 12.1 Å². The van der Waals surface area contributed by atoms with E-state index < -0.39 is 0 Å². The SMILES string of the molecule is c1ccc2c(c1)ncn2-c1ccc(OCCOC2CCCCO2)cc1. The Labute approximate surface area is 147 Å². The molecule has 1 aliphatic heterocycles. The second-order valence-electron chi connectivity index (χ2n) is 6.11. The van der Waals surface area contributed by atoms with Crippen LogP contribution in [0, 0.1) is 0 Å². The number of rotatable bonds is 6. The molecule has 1 aromatic heterocycles. The van der Waals surface area contributed by atoms with Gasteiger partial charge in [-0.05, 0) is 55.7 Å². The maximum atomic E-state index is 5.75. The lowest BCUT2D eigenvalue weighted by atomic mass is 10.2. The molecule has 5 nitrogen and oxygen atoms in total. The van der Waals surface area contributed by atoms with E-state index in [1.165, 1.54) is 6.42 Å². The van der Waals surface area contributed by atoms with Crippen molar-refractivity contribution in [1.29, 1.82) is 0 Å². The third-order valence-electron chi connectivity index (χ3n) is 4.36. The second-order valence-corrected chi connectivity index (χ2v) is 6.11. The number of benzene rings is 2. The van der Waals surface area contributed by atoms with Crippen molar-refractivity contribution in [1.82, 2.24) is 9.55 Å². The molecule has 0 bridgehead atoms. The van der Waals surface area contributed by atoms with Crippen LogP contribution >= 0.6 is 0 Å². The van der Waals surface area contributed by atoms with Crippen LogP contribution < -0.4 is 4.74 Å². The van der Waals surface area contributed by atoms with Gasteiger partial charge in [0.15, 0.2) is 6.29 Å². The second kappa shape index (κ2) is 7.68. The highest BCUT2D eigenvalue weighted by Crippen LogP contribution is 2.20. The minimum Gasteiger partial charge on any atom is -0.491 e. The summed E-state index contributed by atoms with van der Waals surface area (Å²) in [7, 11) is 0. The summed E-state index contributed by atoms with van der Waals surface area (Å²) in [4.78, 5) is 4.43. The van der Waals surface area contributed by atoms with Crippen LogP contribution in [0.4, 0.5) is 0 Å². The number of nitrogens with zero attached hydrogens (tertiary/aromatic N) is 2. The summed E-state index contributed by atoms with van der Waals surface area (Å²) in [6, 6.07) is 16.1. The van der Waals surface area contributed by atoms with Crippen molar-refractivity contribution in [2.75, 3.05) is 19.8 Å². The molecular formula is C20H22N2O3. The predicted molar refractivity (Wildman–Crippen MR) is 96.1 cm³/mol. The Balaban J connectivity index is 1.32. The van der Waals surface area contributed by atoms with Crippen LogP contribution in [-0.2, 0) is 9.47 Å². The van der Waals surface area contributed by atoms with Gasteiger partial charge in [0.05, 0.1) is 17.6 Å². The largest absolute Gasteiger partial charge is 0.491 e. The summed E-state index contributed by atoms with van der Waals surface area (Å²) in [5.74, 6) is 0.835. The molecule has 2 heterocycles. The molecule has 3 aromatic rings. The predicted octanol–water partition coefficient (Wildman–Crippen LogP) is 3.95. The molecule has 1 atom stereocenters. The Hall–Kier alpha value is -2.37. The van der Waals surface area contributed by atoms with Gasteiger partial charge in [0.25, 0.3) is 0 Å². The van der Waals surface area contributed by atoms with E-state index in [-0.39, 0.29) is 6.29 Å². The Bertz CT molecular complexity index is 807. The van der Waals surface area contributed by atoms with E-state index in [0.717, 1.165) is 41.9 Å². The standard InChI is InChI=1S/C20H22N2O3/c1-2-6-19-18(5-1)21-15-22(19)16-8-10-17(11-9-16)23-13-14-25-20-7-3-4-12-24-20/h1-2,5-6,8-11,15,20H,3-4,7,12-14H2. The first kappa shape index (κ1) is 16.1. The summed E-state index contributed by atoms with van der Waals surface area (Å²) >= 11 is 0. The minimum atomic E-state index is -0.0609. The first-order valence-electron chi connectivity index (χ1n) is 8.79. The van der Waals surface area contributed by atoms with E-state index in [1.54, 1.807) is 0 Å². The van der Waals surface area contributed by atoms with Crippen LogP contribution in [0.2, 0.25) is 0 Å². The zero-order valence-corrected chi connectivity index (χ0v) is 14.1. The smallest absolute Gasteiger partial charge is 0.157 e. The fourth-order valence-electron chi connectivity index (χ4n) is 3.05. The fraction of sp³-hybridized carbons (Fsp3) is 0.350. The number of aromatic nitrogens is 2. The number of hydrogen-bond donors (Lipinski definition) is 0. The van der Waals surface area contributed by atoms with Crippen molar-refractivity contribution in [2.24, 2.45) is 0 Å². The van der Waals surface area contributed by atoms with E-state index in [0.29, 0.717) is 13.2 Å². The highest BCUT2D eigenvalue weighted by atomic mass is 16.7. The summed E-state index contributed by atoms with van der Waals surface area (Å²) in [6.45, 7) is 1.86. The van der Waals surface area contributed by atoms with Gasteiger partial charge in [0.2, 0.25) is 0 Å². The van der Waals surface area contributed by atoms with E-state index in [4.69, 9.17) is 14.2 Å². The zero-order valence-electron chi connectivity index (χ0n) is 14.1. The maximum absolute atomic E-state index is 5.75. The average Bonchev–Trinajstić information content (AvgIpc) is 3.11. The van der Waals surface area contributed by atoms with Crippen molar-refractivity contribution in [3.8, 4) is 11.4 Å². The summed E-state index contributed by atoms with van der Waals surface area (Å²) in [5, 5.41) is 0. The summed E-state index contributed by atoms with van der Waals surface area (Å²) in [5.41, 5.74) is 3.15. The number of hydrogen-bond acceptors (Lipinski definition) is 4. The normalized spacial score (nSPS) is 17.7. The quantitative estimate of drug-likeness (QED) is 0.639. The molecule has 4 rings (SSSR count). The molecule has 0 spiro atoms. The molecule has 0 radical (unpaired) electrons. The van der Waals surface area contributed by atoms with Crippen LogP contribution in [0.3, 0.4) is 0 Å². The molecule has 1 fully saturated rings. The van der Waals surface area contributed by atoms with E-state index in [9.17, 15) is 0 Å². The fourth-order valence-corrected chi connectivity index (χ4v) is 3.05. The minimum absolute atomic E-state index is 0.0609. The Morgan fingerprint density at radius 2 is 1.92 bits per heavy atom. The van der Waals surface area contributed by atoms with Gasteiger partial charge in [-0.25, -0.2) is 4.98 Å². The molecule has 5 heteroatoms. The summed E-state index contributed by atoms with van der Waals surface area (Å²) in [6.07, 6.45) is 5.07. The van der Waals surface area contributed by atoms with E-state index in [1.807, 2.05) is 48.8 Å². The van der Waals surface area contributed by atoms with Crippen molar-refractivity contribution >= 4 is 11.0 Å². The molecule has 0 N–H and O–H groups in total. The van der Waals surface area contributed by atoms with Gasteiger partial charge >= 0.3 is 0 Å². The molecule has 0 saturated carbocycles. The van der Waals surface area contributed by atoms with Crippen LogP contribution in [0.25, 0.3) is 16.7 Å². The van der Waals surface area contributed by atoms with Gasteiger partial charge in [0.1, 0.15) is 18.7 Å². The van der Waals surface area contributed by atoms with Gasteiger partial charge in [0, 0.05) is 12.3 Å². The number of imidazole rings is 1. The Kier molecular flexibility index (Phi) is 4.95. The van der Waals surface area contributed by atoms with Crippen molar-refractivity contribution in [3.63, 3.8) is 0 Å². The first-order chi connectivity index (χ1) is 12.4. The third-order valence-corrected chi connectivity index (χ3v) is 4.36. The molecule has 130 valence electrons.